The number of methoxy groups -OCH3 is 1. The lowest BCUT2D eigenvalue weighted by Crippen LogP contribution is -2.13. The maximum absolute atomic E-state index is 12.6. The predicted molar refractivity (Wildman–Crippen MR) is 141 cm³/mol. The molecular weight excluding hydrogens is 651 g/mol. The lowest BCUT2D eigenvalue weighted by molar-refractivity contribution is -0.112. The van der Waals surface area contributed by atoms with Crippen molar-refractivity contribution in [2.75, 3.05) is 12.4 Å². The largest absolute Gasteiger partial charge is 0.493 e. The van der Waals surface area contributed by atoms with E-state index in [4.69, 9.17) is 9.47 Å². The van der Waals surface area contributed by atoms with Gasteiger partial charge in [-0.1, -0.05) is 50.1 Å². The van der Waals surface area contributed by atoms with E-state index in [0.29, 0.717) is 33.8 Å². The van der Waals surface area contributed by atoms with E-state index in [1.165, 1.54) is 6.08 Å². The van der Waals surface area contributed by atoms with Crippen molar-refractivity contribution < 1.29 is 14.3 Å². The van der Waals surface area contributed by atoms with Crippen LogP contribution in [-0.4, -0.2) is 13.0 Å². The molecule has 0 aliphatic heterocycles. The SMILES string of the molecule is COc1cc(/C=C(/C#N)C(=O)Nc2cccc(Br)c2)c(Br)cc1OCc1ccc(I)cc1. The van der Waals surface area contributed by atoms with Crippen molar-refractivity contribution >= 4 is 72.1 Å². The van der Waals surface area contributed by atoms with Crippen molar-refractivity contribution in [1.82, 2.24) is 0 Å². The van der Waals surface area contributed by atoms with Gasteiger partial charge >= 0.3 is 0 Å². The fourth-order valence-electron chi connectivity index (χ4n) is 2.74. The second-order valence-corrected chi connectivity index (χ2v) is 9.59. The normalized spacial score (nSPS) is 10.9. The summed E-state index contributed by atoms with van der Waals surface area (Å²) in [5, 5.41) is 12.3. The molecule has 1 amide bonds. The van der Waals surface area contributed by atoms with Gasteiger partial charge in [-0.2, -0.15) is 5.26 Å². The van der Waals surface area contributed by atoms with Gasteiger partial charge in [-0.05, 0) is 82.3 Å². The maximum atomic E-state index is 12.6. The summed E-state index contributed by atoms with van der Waals surface area (Å²) in [5.41, 5.74) is 2.19. The van der Waals surface area contributed by atoms with E-state index in [2.05, 4.69) is 59.8 Å². The number of amides is 1. The summed E-state index contributed by atoms with van der Waals surface area (Å²) in [4.78, 5) is 12.6. The van der Waals surface area contributed by atoms with Crippen molar-refractivity contribution in [2.24, 2.45) is 0 Å². The Morgan fingerprint density at radius 1 is 1.12 bits per heavy atom. The van der Waals surface area contributed by atoms with Crippen LogP contribution in [0, 0.1) is 14.9 Å². The molecule has 0 spiro atoms. The number of nitrogens with zero attached hydrogens (tertiary/aromatic N) is 1. The molecule has 0 heterocycles. The van der Waals surface area contributed by atoms with Gasteiger partial charge in [0.25, 0.3) is 5.91 Å². The second kappa shape index (κ2) is 11.5. The van der Waals surface area contributed by atoms with E-state index in [1.807, 2.05) is 36.4 Å². The van der Waals surface area contributed by atoms with Crippen LogP contribution in [0.25, 0.3) is 6.08 Å². The van der Waals surface area contributed by atoms with Crippen molar-refractivity contribution in [3.8, 4) is 17.6 Å². The number of rotatable bonds is 7. The van der Waals surface area contributed by atoms with Gasteiger partial charge in [-0.25, -0.2) is 0 Å². The van der Waals surface area contributed by atoms with Gasteiger partial charge in [0.15, 0.2) is 11.5 Å². The third kappa shape index (κ3) is 6.58. The third-order valence-electron chi connectivity index (χ3n) is 4.34. The maximum Gasteiger partial charge on any atom is 0.266 e. The Kier molecular flexibility index (Phi) is 8.73. The fraction of sp³-hybridized carbons (Fsp3) is 0.0833. The van der Waals surface area contributed by atoms with Crippen LogP contribution < -0.4 is 14.8 Å². The molecule has 162 valence electrons. The summed E-state index contributed by atoms with van der Waals surface area (Å²) in [6.45, 7) is 0.382. The van der Waals surface area contributed by atoms with E-state index in [9.17, 15) is 10.1 Å². The standard InChI is InChI=1S/C24H17Br2IN2O3/c1-31-22-10-16(9-17(13-28)24(30)29-20-4-2-3-18(25)11-20)21(26)12-23(22)32-14-15-5-7-19(27)8-6-15/h2-12H,14H2,1H3,(H,29,30)/b17-9-. The van der Waals surface area contributed by atoms with Gasteiger partial charge in [0.1, 0.15) is 18.2 Å². The molecule has 0 aromatic heterocycles. The van der Waals surface area contributed by atoms with Crippen molar-refractivity contribution in [3.63, 3.8) is 0 Å². The van der Waals surface area contributed by atoms with Gasteiger partial charge in [0, 0.05) is 18.2 Å². The summed E-state index contributed by atoms with van der Waals surface area (Å²) >= 11 is 9.11. The number of anilines is 1. The second-order valence-electron chi connectivity index (χ2n) is 6.57. The lowest BCUT2D eigenvalue weighted by Gasteiger charge is -2.13. The molecule has 3 rings (SSSR count). The zero-order chi connectivity index (χ0) is 23.1. The summed E-state index contributed by atoms with van der Waals surface area (Å²) in [6.07, 6.45) is 1.50. The van der Waals surface area contributed by atoms with E-state index in [-0.39, 0.29) is 5.57 Å². The highest BCUT2D eigenvalue weighted by atomic mass is 127. The van der Waals surface area contributed by atoms with E-state index in [1.54, 1.807) is 37.4 Å². The fourth-order valence-corrected chi connectivity index (χ4v) is 3.94. The summed E-state index contributed by atoms with van der Waals surface area (Å²) in [7, 11) is 1.54. The molecule has 0 bridgehead atoms. The van der Waals surface area contributed by atoms with Gasteiger partial charge in [0.05, 0.1) is 7.11 Å². The monoisotopic (exact) mass is 666 g/mol. The Hall–Kier alpha value is -2.35. The molecule has 3 aromatic carbocycles. The van der Waals surface area contributed by atoms with Crippen LogP contribution in [0.2, 0.25) is 0 Å². The van der Waals surface area contributed by atoms with Crippen LogP contribution in [0.1, 0.15) is 11.1 Å². The van der Waals surface area contributed by atoms with Crippen molar-refractivity contribution in [1.29, 1.82) is 5.26 Å². The van der Waals surface area contributed by atoms with E-state index in [0.717, 1.165) is 13.6 Å². The minimum atomic E-state index is -0.504. The number of hydrogen-bond donors (Lipinski definition) is 1. The summed E-state index contributed by atoms with van der Waals surface area (Å²) < 4.78 is 14.0. The number of nitrogens with one attached hydrogen (secondary N) is 1. The number of nitriles is 1. The molecule has 0 saturated carbocycles. The van der Waals surface area contributed by atoms with Crippen LogP contribution in [0.5, 0.6) is 11.5 Å². The summed E-state index contributed by atoms with van der Waals surface area (Å²) in [6, 6.07) is 20.6. The number of carbonyl (C=O) groups excluding carboxylic acids is 1. The Bertz CT molecular complexity index is 1200. The molecule has 3 aromatic rings. The zero-order valence-electron chi connectivity index (χ0n) is 16.9. The highest BCUT2D eigenvalue weighted by Gasteiger charge is 2.14. The van der Waals surface area contributed by atoms with Crippen LogP contribution in [0.3, 0.4) is 0 Å². The molecule has 0 unspecified atom stereocenters. The average molecular weight is 668 g/mol. The molecule has 0 aliphatic carbocycles. The van der Waals surface area contributed by atoms with Crippen molar-refractivity contribution in [2.45, 2.75) is 6.61 Å². The Morgan fingerprint density at radius 3 is 2.53 bits per heavy atom. The Morgan fingerprint density at radius 2 is 1.88 bits per heavy atom. The number of halogens is 3. The first-order chi connectivity index (χ1) is 15.4. The highest BCUT2D eigenvalue weighted by molar-refractivity contribution is 14.1. The Balaban J connectivity index is 1.81. The first kappa shape index (κ1) is 24.3. The molecule has 0 atom stereocenters. The number of carbonyl (C=O) groups is 1. The van der Waals surface area contributed by atoms with Crippen LogP contribution in [-0.2, 0) is 11.4 Å². The quantitative estimate of drug-likeness (QED) is 0.168. The number of ether oxygens (including phenoxy) is 2. The molecule has 5 nitrogen and oxygen atoms in total. The van der Waals surface area contributed by atoms with E-state index < -0.39 is 5.91 Å². The first-order valence-corrected chi connectivity index (χ1v) is 12.0. The molecule has 0 saturated heterocycles. The number of hydrogen-bond acceptors (Lipinski definition) is 4. The van der Waals surface area contributed by atoms with Gasteiger partial charge in [0.2, 0.25) is 0 Å². The Labute approximate surface area is 216 Å². The number of benzene rings is 3. The first-order valence-electron chi connectivity index (χ1n) is 9.33. The zero-order valence-corrected chi connectivity index (χ0v) is 22.2. The highest BCUT2D eigenvalue weighted by Crippen LogP contribution is 2.35. The minimum absolute atomic E-state index is 0.0414. The van der Waals surface area contributed by atoms with Gasteiger partial charge < -0.3 is 14.8 Å². The molecular formula is C24H17Br2IN2O3. The smallest absolute Gasteiger partial charge is 0.266 e. The molecule has 0 radical (unpaired) electrons. The molecule has 1 N–H and O–H groups in total. The molecule has 32 heavy (non-hydrogen) atoms. The minimum Gasteiger partial charge on any atom is -0.493 e. The molecule has 0 aliphatic rings. The molecule has 0 fully saturated rings. The van der Waals surface area contributed by atoms with Crippen molar-refractivity contribution in [3.05, 3.63) is 89.9 Å². The topological polar surface area (TPSA) is 71.3 Å². The summed E-state index contributed by atoms with van der Waals surface area (Å²) in [5.74, 6) is 0.539. The lowest BCUT2D eigenvalue weighted by atomic mass is 10.1. The van der Waals surface area contributed by atoms with Crippen LogP contribution in [0.4, 0.5) is 5.69 Å². The van der Waals surface area contributed by atoms with Crippen LogP contribution in [0.15, 0.2) is 75.2 Å². The van der Waals surface area contributed by atoms with E-state index >= 15 is 0 Å². The van der Waals surface area contributed by atoms with Gasteiger partial charge in [-0.3, -0.25) is 4.79 Å². The third-order valence-corrected chi connectivity index (χ3v) is 6.24. The molecule has 8 heteroatoms. The predicted octanol–water partition coefficient (Wildman–Crippen LogP) is 6.95. The average Bonchev–Trinajstić information content (AvgIpc) is 2.78. The van der Waals surface area contributed by atoms with Crippen LogP contribution >= 0.6 is 54.5 Å². The van der Waals surface area contributed by atoms with Gasteiger partial charge in [-0.15, -0.1) is 0 Å².